The van der Waals surface area contributed by atoms with Crippen molar-refractivity contribution in [1.82, 2.24) is 0 Å². The monoisotopic (exact) mass is 211 g/mol. The molecule has 5 heteroatoms. The maximum absolute atomic E-state index is 12.6. The van der Waals surface area contributed by atoms with Gasteiger partial charge in [0.05, 0.1) is 13.2 Å². The Labute approximate surface area is 85.9 Å². The Hall–Kier alpha value is -1.62. The molecule has 15 heavy (non-hydrogen) atoms. The highest BCUT2D eigenvalue weighted by molar-refractivity contribution is 5.89. The smallest absolute Gasteiger partial charge is 0.414 e. The molecule has 1 N–H and O–H groups in total. The SMILES string of the molecule is O=C1O[C@@H](CO)CN1c1ccc(F)cc1. The van der Waals surface area contributed by atoms with E-state index in [1.165, 1.54) is 29.2 Å². The van der Waals surface area contributed by atoms with Crippen LogP contribution in [0.15, 0.2) is 24.3 Å². The second-order valence-corrected chi connectivity index (χ2v) is 3.28. The van der Waals surface area contributed by atoms with Crippen molar-refractivity contribution in [3.8, 4) is 0 Å². The van der Waals surface area contributed by atoms with E-state index in [4.69, 9.17) is 9.84 Å². The fourth-order valence-corrected chi connectivity index (χ4v) is 1.45. The molecule has 4 nitrogen and oxygen atoms in total. The molecule has 1 fully saturated rings. The van der Waals surface area contributed by atoms with Crippen LogP contribution in [0.5, 0.6) is 0 Å². The van der Waals surface area contributed by atoms with Gasteiger partial charge in [-0.1, -0.05) is 0 Å². The number of nitrogens with zero attached hydrogens (tertiary/aromatic N) is 1. The molecule has 0 aliphatic carbocycles. The van der Waals surface area contributed by atoms with Crippen LogP contribution in [0.1, 0.15) is 0 Å². The van der Waals surface area contributed by atoms with Crippen molar-refractivity contribution in [3.05, 3.63) is 30.1 Å². The van der Waals surface area contributed by atoms with Gasteiger partial charge in [0.15, 0.2) is 0 Å². The van der Waals surface area contributed by atoms with Crippen LogP contribution in [-0.2, 0) is 4.74 Å². The third-order valence-corrected chi connectivity index (χ3v) is 2.22. The van der Waals surface area contributed by atoms with Gasteiger partial charge in [-0.05, 0) is 24.3 Å². The first-order valence-corrected chi connectivity index (χ1v) is 4.55. The first-order chi connectivity index (χ1) is 7.20. The van der Waals surface area contributed by atoms with E-state index in [-0.39, 0.29) is 12.4 Å². The zero-order valence-electron chi connectivity index (χ0n) is 7.89. The van der Waals surface area contributed by atoms with E-state index in [1.807, 2.05) is 0 Å². The molecule has 0 saturated carbocycles. The molecule has 1 aromatic carbocycles. The Morgan fingerprint density at radius 2 is 2.13 bits per heavy atom. The van der Waals surface area contributed by atoms with Crippen LogP contribution in [0, 0.1) is 5.82 Å². The highest BCUT2D eigenvalue weighted by Gasteiger charge is 2.31. The lowest BCUT2D eigenvalue weighted by molar-refractivity contribution is 0.0963. The van der Waals surface area contributed by atoms with Crippen LogP contribution in [0.3, 0.4) is 0 Å². The molecular formula is C10H10FNO3. The minimum Gasteiger partial charge on any atom is -0.441 e. The third kappa shape index (κ3) is 1.92. The van der Waals surface area contributed by atoms with Gasteiger partial charge in [0.25, 0.3) is 0 Å². The van der Waals surface area contributed by atoms with Gasteiger partial charge in [-0.15, -0.1) is 0 Å². The van der Waals surface area contributed by atoms with Gasteiger partial charge < -0.3 is 9.84 Å². The summed E-state index contributed by atoms with van der Waals surface area (Å²) < 4.78 is 17.5. The fourth-order valence-electron chi connectivity index (χ4n) is 1.45. The van der Waals surface area contributed by atoms with Crippen LogP contribution in [-0.4, -0.2) is 30.5 Å². The van der Waals surface area contributed by atoms with E-state index in [9.17, 15) is 9.18 Å². The molecular weight excluding hydrogens is 201 g/mol. The van der Waals surface area contributed by atoms with Crippen LogP contribution in [0.2, 0.25) is 0 Å². The molecule has 1 aliphatic rings. The Bertz CT molecular complexity index is 365. The molecule has 0 unspecified atom stereocenters. The second-order valence-electron chi connectivity index (χ2n) is 3.28. The number of aliphatic hydroxyl groups is 1. The Morgan fingerprint density at radius 1 is 1.47 bits per heavy atom. The molecule has 0 aromatic heterocycles. The quantitative estimate of drug-likeness (QED) is 0.798. The van der Waals surface area contributed by atoms with Crippen molar-refractivity contribution >= 4 is 11.8 Å². The fraction of sp³-hybridized carbons (Fsp3) is 0.300. The number of cyclic esters (lactones) is 1. The number of ether oxygens (including phenoxy) is 1. The molecule has 1 heterocycles. The van der Waals surface area contributed by atoms with E-state index in [0.717, 1.165) is 0 Å². The van der Waals surface area contributed by atoms with Gasteiger partial charge in [-0.25, -0.2) is 9.18 Å². The zero-order chi connectivity index (χ0) is 10.8. The molecule has 2 rings (SSSR count). The molecule has 0 bridgehead atoms. The number of benzene rings is 1. The topological polar surface area (TPSA) is 49.8 Å². The highest BCUT2D eigenvalue weighted by Crippen LogP contribution is 2.21. The van der Waals surface area contributed by atoms with Crippen molar-refractivity contribution in [1.29, 1.82) is 0 Å². The van der Waals surface area contributed by atoms with Crippen molar-refractivity contribution in [2.75, 3.05) is 18.1 Å². The van der Waals surface area contributed by atoms with Gasteiger partial charge in [-0.3, -0.25) is 4.90 Å². The summed E-state index contributed by atoms with van der Waals surface area (Å²) in [5.41, 5.74) is 0.567. The molecule has 80 valence electrons. The minimum absolute atomic E-state index is 0.205. The van der Waals surface area contributed by atoms with Crippen LogP contribution in [0.4, 0.5) is 14.9 Å². The summed E-state index contributed by atoms with van der Waals surface area (Å²) in [5.74, 6) is -0.356. The van der Waals surface area contributed by atoms with E-state index in [0.29, 0.717) is 12.2 Å². The standard InChI is InChI=1S/C10H10FNO3/c11-7-1-3-8(4-2-7)12-5-9(6-13)15-10(12)14/h1-4,9,13H,5-6H2/t9-/m1/s1. The first-order valence-electron chi connectivity index (χ1n) is 4.55. The zero-order valence-corrected chi connectivity index (χ0v) is 7.89. The molecule has 1 amide bonds. The number of rotatable bonds is 2. The lowest BCUT2D eigenvalue weighted by Crippen LogP contribution is -2.25. The Morgan fingerprint density at radius 3 is 2.67 bits per heavy atom. The molecule has 1 aliphatic heterocycles. The average Bonchev–Trinajstić information content (AvgIpc) is 2.61. The third-order valence-electron chi connectivity index (χ3n) is 2.22. The predicted octanol–water partition coefficient (Wildman–Crippen LogP) is 1.14. The summed E-state index contributed by atoms with van der Waals surface area (Å²) in [6.07, 6.45) is -1.01. The van der Waals surface area contributed by atoms with Gasteiger partial charge in [0.2, 0.25) is 0 Å². The molecule has 1 aromatic rings. The number of aliphatic hydroxyl groups excluding tert-OH is 1. The van der Waals surface area contributed by atoms with Gasteiger partial charge in [0.1, 0.15) is 11.9 Å². The largest absolute Gasteiger partial charge is 0.441 e. The number of hydrogen-bond donors (Lipinski definition) is 1. The number of amides is 1. The van der Waals surface area contributed by atoms with E-state index >= 15 is 0 Å². The number of halogens is 1. The molecule has 1 saturated heterocycles. The number of hydrogen-bond acceptors (Lipinski definition) is 3. The van der Waals surface area contributed by atoms with Gasteiger partial charge >= 0.3 is 6.09 Å². The molecule has 1 atom stereocenters. The summed E-state index contributed by atoms with van der Waals surface area (Å²) in [6, 6.07) is 5.54. The van der Waals surface area contributed by atoms with Crippen molar-refractivity contribution in [3.63, 3.8) is 0 Å². The summed E-state index contributed by atoms with van der Waals surface area (Å²) in [4.78, 5) is 12.7. The number of carbonyl (C=O) groups excluding carboxylic acids is 1. The average molecular weight is 211 g/mol. The Balaban J connectivity index is 2.18. The van der Waals surface area contributed by atoms with Crippen LogP contribution in [0.25, 0.3) is 0 Å². The predicted molar refractivity (Wildman–Crippen MR) is 51.1 cm³/mol. The van der Waals surface area contributed by atoms with Crippen molar-refractivity contribution < 1.29 is 19.0 Å². The first kappa shape index (κ1) is 9.92. The number of anilines is 1. The van der Waals surface area contributed by atoms with Crippen LogP contribution >= 0.6 is 0 Å². The molecule has 0 spiro atoms. The minimum atomic E-state index is -0.513. The summed E-state index contributed by atoms with van der Waals surface area (Å²) in [6.45, 7) is 0.0877. The lowest BCUT2D eigenvalue weighted by Gasteiger charge is -2.12. The van der Waals surface area contributed by atoms with E-state index in [2.05, 4.69) is 0 Å². The van der Waals surface area contributed by atoms with Crippen LogP contribution < -0.4 is 4.90 Å². The van der Waals surface area contributed by atoms with E-state index in [1.54, 1.807) is 0 Å². The van der Waals surface area contributed by atoms with Crippen molar-refractivity contribution in [2.45, 2.75) is 6.10 Å². The van der Waals surface area contributed by atoms with Gasteiger partial charge in [0, 0.05) is 5.69 Å². The normalized spacial score (nSPS) is 20.5. The molecule has 0 radical (unpaired) electrons. The summed E-state index contributed by atoms with van der Waals surface area (Å²) in [7, 11) is 0. The Kier molecular flexibility index (Phi) is 2.55. The maximum atomic E-state index is 12.6. The van der Waals surface area contributed by atoms with Crippen molar-refractivity contribution in [2.24, 2.45) is 0 Å². The number of carbonyl (C=O) groups is 1. The maximum Gasteiger partial charge on any atom is 0.414 e. The van der Waals surface area contributed by atoms with Gasteiger partial charge in [-0.2, -0.15) is 0 Å². The summed E-state index contributed by atoms with van der Waals surface area (Å²) >= 11 is 0. The van der Waals surface area contributed by atoms with E-state index < -0.39 is 12.2 Å². The highest BCUT2D eigenvalue weighted by atomic mass is 19.1. The summed E-state index contributed by atoms with van der Waals surface area (Å²) in [5, 5.41) is 8.83. The second kappa shape index (κ2) is 3.86. The lowest BCUT2D eigenvalue weighted by atomic mass is 10.3.